The number of hydrogen-bond donors (Lipinski definition) is 2. The number of hydrogen-bond acceptors (Lipinski definition) is 3. The van der Waals surface area contributed by atoms with Crippen LogP contribution >= 0.6 is 0 Å². The molecule has 0 saturated heterocycles. The number of rotatable bonds is 1. The summed E-state index contributed by atoms with van der Waals surface area (Å²) in [6, 6.07) is 0. The van der Waals surface area contributed by atoms with Crippen molar-refractivity contribution in [1.29, 1.82) is 0 Å². The molecule has 0 aliphatic heterocycles. The molecule has 0 spiro atoms. The molecule has 3 nitrogen and oxygen atoms in total. The fraction of sp³-hybridized carbons (Fsp3) is 0. The molecule has 0 radical (unpaired) electrons. The summed E-state index contributed by atoms with van der Waals surface area (Å²) in [5.74, 6) is -7.87. The van der Waals surface area contributed by atoms with Crippen molar-refractivity contribution in [2.75, 3.05) is 5.73 Å². The second-order valence-electron chi connectivity index (χ2n) is 2.28. The first-order valence-corrected chi connectivity index (χ1v) is 4.31. The first-order chi connectivity index (χ1) is 6.37. The van der Waals surface area contributed by atoms with Gasteiger partial charge in [-0.3, -0.25) is 0 Å². The summed E-state index contributed by atoms with van der Waals surface area (Å²) >= 11 is 0. The van der Waals surface area contributed by atoms with Crippen molar-refractivity contribution in [3.63, 3.8) is 0 Å². The van der Waals surface area contributed by atoms with Gasteiger partial charge in [0, 0.05) is 0 Å². The lowest BCUT2D eigenvalue weighted by Gasteiger charge is -2.03. The first-order valence-electron chi connectivity index (χ1n) is 3.13. The Morgan fingerprint density at radius 3 is 1.50 bits per heavy atom. The maximum atomic E-state index is 12.7. The van der Waals surface area contributed by atoms with Crippen LogP contribution in [0.5, 0.6) is 0 Å². The normalized spacial score (nSPS) is 10.9. The Labute approximate surface area is 77.1 Å². The lowest BCUT2D eigenvalue weighted by atomic mass is 10.2. The average molecular weight is 229 g/mol. The van der Waals surface area contributed by atoms with Gasteiger partial charge < -0.3 is 5.73 Å². The molecule has 78 valence electrons. The summed E-state index contributed by atoms with van der Waals surface area (Å²) < 4.78 is 71.1. The van der Waals surface area contributed by atoms with Crippen LogP contribution in [0.25, 0.3) is 0 Å². The molecular weight excluding hydrogens is 226 g/mol. The molecule has 0 aromatic heterocycles. The summed E-state index contributed by atoms with van der Waals surface area (Å²) in [6.07, 6.45) is 0. The fourth-order valence-electron chi connectivity index (χ4n) is 0.797. The number of nitrogens with two attached hydrogens (primary N) is 1. The monoisotopic (exact) mass is 229 g/mol. The topological polar surface area (TPSA) is 60.2 Å². The predicted molar refractivity (Wildman–Crippen MR) is 39.3 cm³/mol. The summed E-state index contributed by atoms with van der Waals surface area (Å²) in [6.45, 7) is 0. The number of benzene rings is 1. The SMILES string of the molecule is Nc1c(F)c(F)c([SH](=O)=O)c(F)c1F. The van der Waals surface area contributed by atoms with Crippen LogP contribution in [0.4, 0.5) is 23.2 Å². The highest BCUT2D eigenvalue weighted by molar-refractivity contribution is 7.72. The van der Waals surface area contributed by atoms with Gasteiger partial charge in [0.05, 0.1) is 0 Å². The van der Waals surface area contributed by atoms with E-state index in [2.05, 4.69) is 5.73 Å². The van der Waals surface area contributed by atoms with Crippen molar-refractivity contribution in [1.82, 2.24) is 0 Å². The highest BCUT2D eigenvalue weighted by Gasteiger charge is 2.25. The van der Waals surface area contributed by atoms with E-state index in [1.165, 1.54) is 0 Å². The van der Waals surface area contributed by atoms with Gasteiger partial charge >= 0.3 is 0 Å². The molecule has 0 unspecified atom stereocenters. The van der Waals surface area contributed by atoms with E-state index in [1.54, 1.807) is 0 Å². The van der Waals surface area contributed by atoms with Gasteiger partial charge in [-0.05, 0) is 0 Å². The smallest absolute Gasteiger partial charge is 0.186 e. The van der Waals surface area contributed by atoms with Crippen LogP contribution in [0.3, 0.4) is 0 Å². The minimum Gasteiger partial charge on any atom is -0.394 e. The Kier molecular flexibility index (Phi) is 2.65. The highest BCUT2D eigenvalue weighted by atomic mass is 32.2. The van der Waals surface area contributed by atoms with Gasteiger partial charge in [-0.25, -0.2) is 26.0 Å². The Balaban J connectivity index is 3.77. The molecule has 0 atom stereocenters. The molecule has 2 N–H and O–H groups in total. The van der Waals surface area contributed by atoms with E-state index in [1.807, 2.05) is 0 Å². The van der Waals surface area contributed by atoms with E-state index < -0.39 is 44.6 Å². The van der Waals surface area contributed by atoms with Crippen LogP contribution in [0, 0.1) is 23.3 Å². The Morgan fingerprint density at radius 2 is 1.21 bits per heavy atom. The first kappa shape index (κ1) is 10.8. The minimum atomic E-state index is -3.77. The second kappa shape index (κ2) is 3.45. The van der Waals surface area contributed by atoms with E-state index in [0.29, 0.717) is 0 Å². The molecule has 0 bridgehead atoms. The molecular formula is C6H3F4NO2S. The summed E-state index contributed by atoms with van der Waals surface area (Å²) in [5.41, 5.74) is 3.24. The van der Waals surface area contributed by atoms with Crippen molar-refractivity contribution in [3.8, 4) is 0 Å². The molecule has 1 aromatic rings. The quantitative estimate of drug-likeness (QED) is 0.324. The Hall–Kier alpha value is -1.31. The van der Waals surface area contributed by atoms with Crippen molar-refractivity contribution in [3.05, 3.63) is 23.3 Å². The number of nitrogen functional groups attached to an aromatic ring is 1. The maximum absolute atomic E-state index is 12.7. The standard InChI is InChI=1S/C6H3F4NO2S/c7-1-3(9)6(14(12)13)4(10)2(8)5(1)11/h14H,11H2. The number of anilines is 1. The molecule has 0 aliphatic rings. The van der Waals surface area contributed by atoms with Crippen LogP contribution in [-0.4, -0.2) is 8.42 Å². The van der Waals surface area contributed by atoms with Crippen LogP contribution in [0.2, 0.25) is 0 Å². The van der Waals surface area contributed by atoms with Crippen LogP contribution < -0.4 is 5.73 Å². The largest absolute Gasteiger partial charge is 0.394 e. The molecule has 0 fully saturated rings. The molecule has 0 heterocycles. The average Bonchev–Trinajstić information content (AvgIpc) is 2.11. The summed E-state index contributed by atoms with van der Waals surface area (Å²) in [5, 5.41) is 0. The fourth-order valence-corrected chi connectivity index (χ4v) is 1.31. The molecule has 14 heavy (non-hydrogen) atoms. The third-order valence-electron chi connectivity index (χ3n) is 1.46. The Morgan fingerprint density at radius 1 is 0.857 bits per heavy atom. The molecule has 0 aliphatic carbocycles. The van der Waals surface area contributed by atoms with Crippen molar-refractivity contribution in [2.45, 2.75) is 4.90 Å². The molecule has 0 saturated carbocycles. The van der Waals surface area contributed by atoms with Crippen LogP contribution in [0.1, 0.15) is 0 Å². The van der Waals surface area contributed by atoms with E-state index in [0.717, 1.165) is 0 Å². The van der Waals surface area contributed by atoms with Crippen molar-refractivity contribution < 1.29 is 26.0 Å². The van der Waals surface area contributed by atoms with Crippen LogP contribution in [-0.2, 0) is 10.7 Å². The van der Waals surface area contributed by atoms with Gasteiger partial charge in [0.15, 0.2) is 34.0 Å². The molecule has 8 heteroatoms. The van der Waals surface area contributed by atoms with E-state index in [-0.39, 0.29) is 0 Å². The highest BCUT2D eigenvalue weighted by Crippen LogP contribution is 2.26. The zero-order valence-corrected chi connectivity index (χ0v) is 7.25. The zero-order valence-electron chi connectivity index (χ0n) is 6.35. The number of thiol groups is 1. The maximum Gasteiger partial charge on any atom is 0.186 e. The lowest BCUT2D eigenvalue weighted by molar-refractivity contribution is 0.426. The third-order valence-corrected chi connectivity index (χ3v) is 2.21. The molecule has 1 rings (SSSR count). The van der Waals surface area contributed by atoms with Crippen molar-refractivity contribution in [2.24, 2.45) is 0 Å². The van der Waals surface area contributed by atoms with Crippen molar-refractivity contribution >= 4 is 16.4 Å². The third kappa shape index (κ3) is 1.41. The zero-order chi connectivity index (χ0) is 11.0. The van der Waals surface area contributed by atoms with Gasteiger partial charge in [0.2, 0.25) is 0 Å². The Bertz CT molecular complexity index is 434. The molecule has 1 aromatic carbocycles. The second-order valence-corrected chi connectivity index (χ2v) is 3.24. The number of halogens is 4. The molecule has 0 amide bonds. The van der Waals surface area contributed by atoms with Gasteiger partial charge in [0.25, 0.3) is 0 Å². The van der Waals surface area contributed by atoms with E-state index in [9.17, 15) is 26.0 Å². The van der Waals surface area contributed by atoms with Crippen LogP contribution in [0.15, 0.2) is 4.90 Å². The summed E-state index contributed by atoms with van der Waals surface area (Å²) in [4.78, 5) is -1.66. The van der Waals surface area contributed by atoms with Gasteiger partial charge in [-0.1, -0.05) is 0 Å². The van der Waals surface area contributed by atoms with E-state index in [4.69, 9.17) is 0 Å². The lowest BCUT2D eigenvalue weighted by Crippen LogP contribution is -2.06. The predicted octanol–water partition coefficient (Wildman–Crippen LogP) is 0.796. The minimum absolute atomic E-state index is 1.39. The van der Waals surface area contributed by atoms with Gasteiger partial charge in [-0.2, -0.15) is 0 Å². The van der Waals surface area contributed by atoms with E-state index >= 15 is 0 Å². The van der Waals surface area contributed by atoms with Gasteiger partial charge in [0.1, 0.15) is 10.6 Å². The van der Waals surface area contributed by atoms with Gasteiger partial charge in [-0.15, -0.1) is 0 Å². The summed E-state index contributed by atoms with van der Waals surface area (Å²) in [7, 11) is -3.77.